The number of nitrogens with one attached hydrogen (secondary N) is 1. The molecule has 0 heterocycles. The zero-order valence-corrected chi connectivity index (χ0v) is 26.5. The summed E-state index contributed by atoms with van der Waals surface area (Å²) in [7, 11) is -3.93. The lowest BCUT2D eigenvalue weighted by molar-refractivity contribution is -0.140. The predicted molar refractivity (Wildman–Crippen MR) is 167 cm³/mol. The van der Waals surface area contributed by atoms with Gasteiger partial charge in [0.1, 0.15) is 12.6 Å². The van der Waals surface area contributed by atoms with Crippen LogP contribution in [0.1, 0.15) is 37.0 Å². The Morgan fingerprint density at radius 3 is 2.17 bits per heavy atom. The van der Waals surface area contributed by atoms with Crippen LogP contribution >= 0.6 is 34.8 Å². The van der Waals surface area contributed by atoms with Gasteiger partial charge in [0.15, 0.2) is 0 Å². The third-order valence-electron chi connectivity index (χ3n) is 6.78. The van der Waals surface area contributed by atoms with Crippen LogP contribution in [0.2, 0.25) is 15.1 Å². The molecule has 220 valence electrons. The number of carbonyl (C=O) groups excluding carboxylic acids is 2. The third kappa shape index (κ3) is 8.85. The van der Waals surface area contributed by atoms with Crippen molar-refractivity contribution in [2.45, 2.75) is 52.2 Å². The third-order valence-corrected chi connectivity index (χ3v) is 8.85. The maximum atomic E-state index is 14.2. The second kappa shape index (κ2) is 14.4. The molecule has 11 heteroatoms. The number of sulfonamides is 1. The Labute approximate surface area is 257 Å². The van der Waals surface area contributed by atoms with E-state index in [9.17, 15) is 18.0 Å². The molecule has 2 atom stereocenters. The van der Waals surface area contributed by atoms with E-state index in [0.717, 1.165) is 16.1 Å². The Kier molecular flexibility index (Phi) is 11.5. The van der Waals surface area contributed by atoms with Crippen LogP contribution in [0.3, 0.4) is 0 Å². The monoisotopic (exact) mass is 637 g/mol. The molecule has 1 N–H and O–H groups in total. The number of hydrogen-bond donors (Lipinski definition) is 1. The maximum absolute atomic E-state index is 14.2. The second-order valence-electron chi connectivity index (χ2n) is 9.95. The quantitative estimate of drug-likeness (QED) is 0.253. The number of benzene rings is 3. The van der Waals surface area contributed by atoms with E-state index in [1.807, 2.05) is 44.2 Å². The summed E-state index contributed by atoms with van der Waals surface area (Å²) in [5, 5.41) is 3.95. The Bertz CT molecular complexity index is 1470. The molecule has 41 heavy (non-hydrogen) atoms. The summed E-state index contributed by atoms with van der Waals surface area (Å²) in [6.45, 7) is 4.87. The van der Waals surface area contributed by atoms with Crippen LogP contribution in [0.4, 0.5) is 5.69 Å². The highest BCUT2D eigenvalue weighted by Crippen LogP contribution is 2.29. The zero-order chi connectivity index (χ0) is 30.3. The molecule has 0 spiro atoms. The van der Waals surface area contributed by atoms with Gasteiger partial charge in [-0.05, 0) is 55.7 Å². The highest BCUT2D eigenvalue weighted by Gasteiger charge is 2.34. The minimum atomic E-state index is -3.93. The fraction of sp³-hybridized carbons (Fsp3) is 0.333. The lowest BCUT2D eigenvalue weighted by Crippen LogP contribution is -2.54. The highest BCUT2D eigenvalue weighted by atomic mass is 35.5. The summed E-state index contributed by atoms with van der Waals surface area (Å²) in [6, 6.07) is 18.0. The molecule has 0 saturated carbocycles. The van der Waals surface area contributed by atoms with Crippen LogP contribution in [0.15, 0.2) is 66.7 Å². The van der Waals surface area contributed by atoms with Gasteiger partial charge < -0.3 is 10.2 Å². The van der Waals surface area contributed by atoms with Crippen molar-refractivity contribution >= 4 is 62.3 Å². The number of halogens is 3. The minimum absolute atomic E-state index is 0.116. The van der Waals surface area contributed by atoms with Gasteiger partial charge in [0.05, 0.1) is 11.9 Å². The van der Waals surface area contributed by atoms with Gasteiger partial charge in [-0.3, -0.25) is 13.9 Å². The van der Waals surface area contributed by atoms with Gasteiger partial charge in [-0.1, -0.05) is 84.2 Å². The Morgan fingerprint density at radius 2 is 1.59 bits per heavy atom. The molecular formula is C30H34Cl3N3O4S. The van der Waals surface area contributed by atoms with Gasteiger partial charge in [0.2, 0.25) is 21.8 Å². The van der Waals surface area contributed by atoms with Crippen LogP contribution in [0.5, 0.6) is 0 Å². The first-order valence-corrected chi connectivity index (χ1v) is 16.1. The Hall–Kier alpha value is -2.78. The fourth-order valence-electron chi connectivity index (χ4n) is 4.29. The fourth-order valence-corrected chi connectivity index (χ4v) is 5.88. The molecule has 0 bridgehead atoms. The largest absolute Gasteiger partial charge is 0.352 e. The summed E-state index contributed by atoms with van der Waals surface area (Å²) in [5.41, 5.74) is 2.16. The molecule has 3 aromatic carbocycles. The van der Waals surface area contributed by atoms with Crippen LogP contribution < -0.4 is 9.62 Å². The first-order chi connectivity index (χ1) is 19.3. The van der Waals surface area contributed by atoms with Crippen molar-refractivity contribution in [3.63, 3.8) is 0 Å². The summed E-state index contributed by atoms with van der Waals surface area (Å²) >= 11 is 19.2. The normalized spacial score (nSPS) is 12.9. The molecule has 2 unspecified atom stereocenters. The number of carbonyl (C=O) groups is 2. The molecule has 0 aromatic heterocycles. The van der Waals surface area contributed by atoms with Crippen LogP contribution in [0.25, 0.3) is 0 Å². The first-order valence-electron chi connectivity index (χ1n) is 13.1. The van der Waals surface area contributed by atoms with E-state index in [-0.39, 0.29) is 30.6 Å². The molecule has 0 radical (unpaired) electrons. The number of hydrogen-bond acceptors (Lipinski definition) is 4. The van der Waals surface area contributed by atoms with Crippen LogP contribution in [0, 0.1) is 6.92 Å². The lowest BCUT2D eigenvalue weighted by Gasteiger charge is -2.34. The van der Waals surface area contributed by atoms with Gasteiger partial charge in [-0.15, -0.1) is 0 Å². The average Bonchev–Trinajstić information content (AvgIpc) is 2.91. The summed E-state index contributed by atoms with van der Waals surface area (Å²) < 4.78 is 27.0. The van der Waals surface area contributed by atoms with Crippen molar-refractivity contribution in [2.75, 3.05) is 17.1 Å². The topological polar surface area (TPSA) is 86.8 Å². The van der Waals surface area contributed by atoms with Crippen LogP contribution in [-0.4, -0.2) is 50.0 Å². The molecule has 0 aliphatic heterocycles. The van der Waals surface area contributed by atoms with E-state index in [1.165, 1.54) is 11.0 Å². The van der Waals surface area contributed by atoms with Crippen molar-refractivity contribution in [1.29, 1.82) is 0 Å². The van der Waals surface area contributed by atoms with E-state index < -0.39 is 28.5 Å². The number of aryl methyl sites for hydroxylation is 1. The summed E-state index contributed by atoms with van der Waals surface area (Å²) in [5.74, 6) is -0.976. The number of rotatable bonds is 12. The molecule has 0 saturated heterocycles. The van der Waals surface area contributed by atoms with Crippen molar-refractivity contribution in [1.82, 2.24) is 10.2 Å². The lowest BCUT2D eigenvalue weighted by atomic mass is 10.0. The van der Waals surface area contributed by atoms with E-state index >= 15 is 0 Å². The van der Waals surface area contributed by atoms with Crippen LogP contribution in [-0.2, 0) is 32.6 Å². The van der Waals surface area contributed by atoms with Gasteiger partial charge in [-0.25, -0.2) is 8.42 Å². The van der Waals surface area contributed by atoms with Gasteiger partial charge in [-0.2, -0.15) is 0 Å². The number of anilines is 1. The zero-order valence-electron chi connectivity index (χ0n) is 23.4. The van der Waals surface area contributed by atoms with Gasteiger partial charge in [0.25, 0.3) is 0 Å². The molecule has 0 aliphatic rings. The van der Waals surface area contributed by atoms with E-state index in [0.29, 0.717) is 32.6 Å². The summed E-state index contributed by atoms with van der Waals surface area (Å²) in [6.07, 6.45) is 1.89. The second-order valence-corrected chi connectivity index (χ2v) is 13.1. The predicted octanol–water partition coefficient (Wildman–Crippen LogP) is 6.28. The van der Waals surface area contributed by atoms with Crippen molar-refractivity contribution in [3.05, 3.63) is 98.5 Å². The Morgan fingerprint density at radius 1 is 0.951 bits per heavy atom. The van der Waals surface area contributed by atoms with Crippen molar-refractivity contribution in [3.8, 4) is 0 Å². The number of amides is 2. The average molecular weight is 639 g/mol. The molecule has 7 nitrogen and oxygen atoms in total. The highest BCUT2D eigenvalue weighted by molar-refractivity contribution is 7.92. The number of nitrogens with zero attached hydrogens (tertiary/aromatic N) is 2. The molecule has 3 aromatic rings. The SMILES string of the molecule is CCC(C)NC(=O)C(Cc1ccccc1)N(Cc1c(Cl)cccc1Cl)C(=O)CN(c1cc(Cl)ccc1C)S(C)(=O)=O. The standard InChI is InChI=1S/C30H34Cl3N3O4S/c1-5-21(3)34-30(38)28(16-22-10-7-6-8-11-22)35(18-24-25(32)12-9-13-26(24)33)29(37)19-36(41(4,39)40)27-17-23(31)15-14-20(27)2/h6-15,17,21,28H,5,16,18-19H2,1-4H3,(H,34,38). The molecule has 0 aliphatic carbocycles. The molecule has 3 rings (SSSR count). The van der Waals surface area contributed by atoms with E-state index in [2.05, 4.69) is 5.32 Å². The first kappa shape index (κ1) is 32.7. The molecule has 0 fully saturated rings. The molecular weight excluding hydrogens is 605 g/mol. The minimum Gasteiger partial charge on any atom is -0.352 e. The van der Waals surface area contributed by atoms with E-state index in [1.54, 1.807) is 37.3 Å². The van der Waals surface area contributed by atoms with Crippen molar-refractivity contribution < 1.29 is 18.0 Å². The Balaban J connectivity index is 2.13. The van der Waals surface area contributed by atoms with E-state index in [4.69, 9.17) is 34.8 Å². The van der Waals surface area contributed by atoms with Gasteiger partial charge >= 0.3 is 0 Å². The maximum Gasteiger partial charge on any atom is 0.244 e. The van der Waals surface area contributed by atoms with Crippen molar-refractivity contribution in [2.24, 2.45) is 0 Å². The summed E-state index contributed by atoms with van der Waals surface area (Å²) in [4.78, 5) is 29.3. The smallest absolute Gasteiger partial charge is 0.244 e. The molecule has 2 amide bonds. The van der Waals surface area contributed by atoms with Gasteiger partial charge in [0, 0.05) is 39.6 Å².